The van der Waals surface area contributed by atoms with Crippen LogP contribution in [0.15, 0.2) is 12.2 Å². The summed E-state index contributed by atoms with van der Waals surface area (Å²) >= 11 is 0. The Labute approximate surface area is 112 Å². The summed E-state index contributed by atoms with van der Waals surface area (Å²) in [4.78, 5) is 12.0. The maximum atomic E-state index is 12.0. The van der Waals surface area contributed by atoms with Gasteiger partial charge in [-0.3, -0.25) is 0 Å². The number of hydrogen-bond donors (Lipinski definition) is 0. The van der Waals surface area contributed by atoms with Crippen LogP contribution in [0.3, 0.4) is 0 Å². The van der Waals surface area contributed by atoms with Gasteiger partial charge in [0.05, 0.1) is 0 Å². The van der Waals surface area contributed by atoms with E-state index in [0.29, 0.717) is 5.57 Å². The molecule has 104 valence electrons. The zero-order valence-electron chi connectivity index (χ0n) is 12.5. The first-order chi connectivity index (χ1) is 8.34. The number of esters is 1. The predicted molar refractivity (Wildman–Crippen MR) is 75.4 cm³/mol. The number of hydrogen-bond acceptors (Lipinski definition) is 2. The van der Waals surface area contributed by atoms with E-state index >= 15 is 0 Å². The molecule has 0 bridgehead atoms. The Morgan fingerprint density at radius 1 is 1.22 bits per heavy atom. The molecule has 0 spiro atoms. The summed E-state index contributed by atoms with van der Waals surface area (Å²) in [5, 5.41) is 0. The van der Waals surface area contributed by atoms with Gasteiger partial charge in [-0.25, -0.2) is 4.79 Å². The fourth-order valence-electron chi connectivity index (χ4n) is 2.80. The fourth-order valence-corrected chi connectivity index (χ4v) is 2.80. The van der Waals surface area contributed by atoms with Crippen LogP contribution in [-0.2, 0) is 9.53 Å². The van der Waals surface area contributed by atoms with Gasteiger partial charge in [-0.15, -0.1) is 0 Å². The number of carbonyl (C=O) groups excluding carboxylic acids is 1. The molecule has 0 N–H and O–H groups in total. The lowest BCUT2D eigenvalue weighted by molar-refractivity contribution is -0.173. The molecule has 0 atom stereocenters. The maximum Gasteiger partial charge on any atom is 0.333 e. The average Bonchev–Trinajstić information content (AvgIpc) is 2.55. The third kappa shape index (κ3) is 3.15. The molecule has 1 fully saturated rings. The second-order valence-corrected chi connectivity index (χ2v) is 6.32. The van der Waals surface area contributed by atoms with E-state index in [0.717, 1.165) is 32.1 Å². The van der Waals surface area contributed by atoms with Gasteiger partial charge in [0.25, 0.3) is 0 Å². The summed E-state index contributed by atoms with van der Waals surface area (Å²) in [5.74, 6) is -0.224. The topological polar surface area (TPSA) is 26.3 Å². The van der Waals surface area contributed by atoms with Gasteiger partial charge in [-0.2, -0.15) is 0 Å². The molecule has 0 amide bonds. The molecule has 2 heteroatoms. The third-order valence-corrected chi connectivity index (χ3v) is 4.67. The Kier molecular flexibility index (Phi) is 5.01. The Morgan fingerprint density at radius 3 is 2.11 bits per heavy atom. The van der Waals surface area contributed by atoms with Crippen LogP contribution in [0.1, 0.15) is 72.6 Å². The summed E-state index contributed by atoms with van der Waals surface area (Å²) in [7, 11) is 0. The van der Waals surface area contributed by atoms with Crippen molar-refractivity contribution in [3.8, 4) is 0 Å². The van der Waals surface area contributed by atoms with E-state index in [4.69, 9.17) is 4.74 Å². The monoisotopic (exact) mass is 252 g/mol. The smallest absolute Gasteiger partial charge is 0.333 e. The lowest BCUT2D eigenvalue weighted by Crippen LogP contribution is -2.48. The Morgan fingerprint density at radius 2 is 1.72 bits per heavy atom. The fraction of sp³-hybridized carbons (Fsp3) is 0.812. The first-order valence-electron chi connectivity index (χ1n) is 7.23. The molecule has 1 saturated carbocycles. The van der Waals surface area contributed by atoms with Crippen molar-refractivity contribution in [1.29, 1.82) is 0 Å². The lowest BCUT2D eigenvalue weighted by atomic mass is 9.68. The summed E-state index contributed by atoms with van der Waals surface area (Å²) < 4.78 is 5.94. The highest BCUT2D eigenvalue weighted by Crippen LogP contribution is 2.46. The molecule has 0 aromatic carbocycles. The van der Waals surface area contributed by atoms with Crippen LogP contribution in [-0.4, -0.2) is 11.6 Å². The normalized spacial score (nSPS) is 20.0. The summed E-state index contributed by atoms with van der Waals surface area (Å²) in [6.45, 7) is 12.1. The van der Waals surface area contributed by atoms with Crippen LogP contribution in [0, 0.1) is 5.41 Å². The zero-order valence-corrected chi connectivity index (χ0v) is 12.5. The van der Waals surface area contributed by atoms with Crippen LogP contribution < -0.4 is 0 Å². The molecular weight excluding hydrogens is 224 g/mol. The van der Waals surface area contributed by atoms with Gasteiger partial charge in [0.1, 0.15) is 5.60 Å². The first-order valence-corrected chi connectivity index (χ1v) is 7.23. The van der Waals surface area contributed by atoms with Gasteiger partial charge >= 0.3 is 5.97 Å². The third-order valence-electron chi connectivity index (χ3n) is 4.67. The SMILES string of the molecule is C=C(C)C(=O)OC1(C(C)(C)CC)CCCCCC1. The Hall–Kier alpha value is -0.790. The van der Waals surface area contributed by atoms with Crippen molar-refractivity contribution in [3.63, 3.8) is 0 Å². The molecule has 0 unspecified atom stereocenters. The first kappa shape index (κ1) is 15.3. The van der Waals surface area contributed by atoms with Crippen LogP contribution >= 0.6 is 0 Å². The van der Waals surface area contributed by atoms with Crippen LogP contribution in [0.25, 0.3) is 0 Å². The molecule has 0 radical (unpaired) electrons. The number of carbonyl (C=O) groups is 1. The standard InChI is InChI=1S/C16H28O2/c1-6-15(4,5)16(18-14(17)13(2)3)11-9-7-8-10-12-16/h2,6-12H2,1,3-5H3. The van der Waals surface area contributed by atoms with Crippen molar-refractivity contribution in [3.05, 3.63) is 12.2 Å². The molecule has 0 aromatic heterocycles. The van der Waals surface area contributed by atoms with Gasteiger partial charge in [-0.05, 0) is 39.0 Å². The molecule has 0 heterocycles. The predicted octanol–water partition coefficient (Wildman–Crippen LogP) is 4.63. The van der Waals surface area contributed by atoms with Crippen molar-refractivity contribution in [2.75, 3.05) is 0 Å². The summed E-state index contributed by atoms with van der Waals surface area (Å²) in [6.07, 6.45) is 7.84. The van der Waals surface area contributed by atoms with E-state index in [1.807, 2.05) is 0 Å². The van der Waals surface area contributed by atoms with E-state index in [1.165, 1.54) is 12.8 Å². The molecule has 2 nitrogen and oxygen atoms in total. The van der Waals surface area contributed by atoms with Crippen molar-refractivity contribution in [2.45, 2.75) is 78.2 Å². The van der Waals surface area contributed by atoms with Crippen LogP contribution in [0.4, 0.5) is 0 Å². The Balaban J connectivity index is 2.99. The minimum atomic E-state index is -0.297. The second-order valence-electron chi connectivity index (χ2n) is 6.32. The molecule has 1 rings (SSSR count). The van der Waals surface area contributed by atoms with E-state index in [-0.39, 0.29) is 17.0 Å². The lowest BCUT2D eigenvalue weighted by Gasteiger charge is -2.45. The van der Waals surface area contributed by atoms with Gasteiger partial charge in [0, 0.05) is 11.0 Å². The molecule has 1 aliphatic rings. The van der Waals surface area contributed by atoms with Crippen molar-refractivity contribution in [2.24, 2.45) is 5.41 Å². The minimum Gasteiger partial charge on any atom is -0.455 e. The van der Waals surface area contributed by atoms with Crippen LogP contribution in [0.2, 0.25) is 0 Å². The van der Waals surface area contributed by atoms with E-state index in [2.05, 4.69) is 27.4 Å². The zero-order chi connectivity index (χ0) is 13.8. The van der Waals surface area contributed by atoms with Gasteiger partial charge in [-0.1, -0.05) is 40.2 Å². The van der Waals surface area contributed by atoms with Gasteiger partial charge in [0.15, 0.2) is 0 Å². The largest absolute Gasteiger partial charge is 0.455 e. The average molecular weight is 252 g/mol. The number of ether oxygens (including phenoxy) is 1. The molecular formula is C16H28O2. The molecule has 0 saturated heterocycles. The summed E-state index contributed by atoms with van der Waals surface area (Å²) in [6, 6.07) is 0. The van der Waals surface area contributed by atoms with Gasteiger partial charge in [0.2, 0.25) is 0 Å². The molecule has 1 aliphatic carbocycles. The quantitative estimate of drug-likeness (QED) is 0.414. The van der Waals surface area contributed by atoms with Crippen molar-refractivity contribution >= 4 is 5.97 Å². The molecule has 18 heavy (non-hydrogen) atoms. The van der Waals surface area contributed by atoms with Gasteiger partial charge < -0.3 is 4.74 Å². The van der Waals surface area contributed by atoms with Crippen molar-refractivity contribution < 1.29 is 9.53 Å². The highest BCUT2D eigenvalue weighted by molar-refractivity contribution is 5.87. The highest BCUT2D eigenvalue weighted by atomic mass is 16.6. The van der Waals surface area contributed by atoms with Crippen LogP contribution in [0.5, 0.6) is 0 Å². The molecule has 0 aromatic rings. The van der Waals surface area contributed by atoms with E-state index < -0.39 is 0 Å². The highest BCUT2D eigenvalue weighted by Gasteiger charge is 2.47. The number of rotatable bonds is 4. The van der Waals surface area contributed by atoms with Crippen molar-refractivity contribution in [1.82, 2.24) is 0 Å². The van der Waals surface area contributed by atoms with E-state index in [1.54, 1.807) is 6.92 Å². The van der Waals surface area contributed by atoms with E-state index in [9.17, 15) is 4.79 Å². The second kappa shape index (κ2) is 5.90. The minimum absolute atomic E-state index is 0.0302. The molecule has 0 aliphatic heterocycles. The summed E-state index contributed by atoms with van der Waals surface area (Å²) in [5.41, 5.74) is 0.238. The Bertz CT molecular complexity index is 307. The maximum absolute atomic E-state index is 12.0.